The maximum atomic E-state index is 13.3. The van der Waals surface area contributed by atoms with E-state index in [2.05, 4.69) is 31.6 Å². The van der Waals surface area contributed by atoms with Gasteiger partial charge < -0.3 is 32.7 Å². The van der Waals surface area contributed by atoms with Gasteiger partial charge in [-0.2, -0.15) is 13.2 Å². The van der Waals surface area contributed by atoms with Gasteiger partial charge in [0.2, 0.25) is 11.8 Å². The number of amides is 2. The molecule has 0 radical (unpaired) electrons. The number of nitrogens with two attached hydrogens (primary N) is 2. The van der Waals surface area contributed by atoms with Crippen molar-refractivity contribution in [1.29, 1.82) is 0 Å². The average Bonchev–Trinajstić information content (AvgIpc) is 3.34. The number of unbranched alkanes of at least 4 members (excludes halogenated alkanes) is 2. The molecule has 3 atom stereocenters. The van der Waals surface area contributed by atoms with E-state index in [1.165, 1.54) is 0 Å². The highest BCUT2D eigenvalue weighted by Crippen LogP contribution is 2.20. The minimum atomic E-state index is -5.10. The van der Waals surface area contributed by atoms with Gasteiger partial charge in [0.05, 0.1) is 24.3 Å². The van der Waals surface area contributed by atoms with E-state index >= 15 is 0 Å². The molecule has 1 aliphatic rings. The van der Waals surface area contributed by atoms with Crippen molar-refractivity contribution in [2.45, 2.75) is 95.2 Å². The molecular weight excluding hydrogens is 519 g/mol. The minimum absolute atomic E-state index is 0.170. The standard InChI is InChI=1S/C24H42F3N9O3/c25-24(26,27)21(37)18-7-3-6-12-30-15-17-16-36(35-34-17)14-13-31-19(8-1-4-10-28)22(38)33-20(23(39)32-18)9-2-5-11-29/h16,18-20,30-31H,1-15,28-29H2,(H,32,39)(H,33,38)/t18-,19-,20-/m0/s1. The van der Waals surface area contributed by atoms with Crippen LogP contribution in [-0.2, 0) is 27.5 Å². The molecule has 1 aromatic rings. The van der Waals surface area contributed by atoms with Crippen molar-refractivity contribution in [2.75, 3.05) is 26.2 Å². The SMILES string of the molecule is NCCCC[C@@H]1NCCn2cc(nn2)CNCCCC[C@@H](C(=O)C(F)(F)F)NC(=O)[C@H](CCCCN)NC1=O. The number of hydrogen-bond acceptors (Lipinski definition) is 9. The summed E-state index contributed by atoms with van der Waals surface area (Å²) in [7, 11) is 0. The Morgan fingerprint density at radius 1 is 0.974 bits per heavy atom. The second kappa shape index (κ2) is 17.2. The van der Waals surface area contributed by atoms with E-state index in [0.29, 0.717) is 83.5 Å². The number of fused-ring (bicyclic) bond motifs is 2. The van der Waals surface area contributed by atoms with Crippen LogP contribution in [0.5, 0.6) is 0 Å². The van der Waals surface area contributed by atoms with Crippen molar-refractivity contribution in [3.8, 4) is 0 Å². The molecule has 0 saturated heterocycles. The number of Topliss-reactive ketones (excluding diaryl/α,β-unsaturated/α-hetero) is 1. The van der Waals surface area contributed by atoms with Crippen molar-refractivity contribution in [1.82, 2.24) is 36.3 Å². The lowest BCUT2D eigenvalue weighted by Gasteiger charge is -2.26. The van der Waals surface area contributed by atoms with Gasteiger partial charge in [0, 0.05) is 19.3 Å². The Balaban J connectivity index is 2.26. The zero-order valence-electron chi connectivity index (χ0n) is 22.3. The van der Waals surface area contributed by atoms with Crippen molar-refractivity contribution < 1.29 is 27.6 Å². The molecule has 222 valence electrons. The Labute approximate surface area is 226 Å². The van der Waals surface area contributed by atoms with Gasteiger partial charge in [-0.05, 0) is 71.0 Å². The van der Waals surface area contributed by atoms with E-state index in [1.807, 2.05) is 0 Å². The van der Waals surface area contributed by atoms with Crippen LogP contribution < -0.4 is 32.7 Å². The lowest BCUT2D eigenvalue weighted by atomic mass is 10.0. The molecule has 12 nitrogen and oxygen atoms in total. The van der Waals surface area contributed by atoms with Crippen LogP contribution >= 0.6 is 0 Å². The summed E-state index contributed by atoms with van der Waals surface area (Å²) in [5.74, 6) is -3.30. The number of alkyl halides is 3. The Hall–Kier alpha value is -2.62. The van der Waals surface area contributed by atoms with Gasteiger partial charge in [-0.3, -0.25) is 19.1 Å². The van der Waals surface area contributed by atoms with E-state index in [0.717, 1.165) is 0 Å². The first kappa shape index (κ1) is 32.6. The molecule has 2 bridgehead atoms. The number of rotatable bonds is 9. The number of carbonyl (C=O) groups is 3. The lowest BCUT2D eigenvalue weighted by molar-refractivity contribution is -0.174. The van der Waals surface area contributed by atoms with Crippen molar-refractivity contribution in [3.05, 3.63) is 11.9 Å². The Morgan fingerprint density at radius 3 is 2.31 bits per heavy atom. The van der Waals surface area contributed by atoms with Gasteiger partial charge >= 0.3 is 6.18 Å². The smallest absolute Gasteiger partial charge is 0.344 e. The molecule has 0 unspecified atom stereocenters. The van der Waals surface area contributed by atoms with Gasteiger partial charge in [-0.25, -0.2) is 0 Å². The van der Waals surface area contributed by atoms with Crippen LogP contribution in [0.4, 0.5) is 13.2 Å². The monoisotopic (exact) mass is 561 g/mol. The molecule has 2 amide bonds. The van der Waals surface area contributed by atoms with Gasteiger partial charge in [0.1, 0.15) is 6.04 Å². The maximum Gasteiger partial charge on any atom is 0.452 e. The molecule has 39 heavy (non-hydrogen) atoms. The fourth-order valence-electron chi connectivity index (χ4n) is 4.29. The van der Waals surface area contributed by atoms with Gasteiger partial charge in [-0.1, -0.05) is 11.6 Å². The van der Waals surface area contributed by atoms with Crippen molar-refractivity contribution in [3.63, 3.8) is 0 Å². The molecule has 2 rings (SSSR count). The molecule has 15 heteroatoms. The van der Waals surface area contributed by atoms with Gasteiger partial charge in [0.15, 0.2) is 0 Å². The van der Waals surface area contributed by atoms with Crippen molar-refractivity contribution in [2.24, 2.45) is 11.5 Å². The van der Waals surface area contributed by atoms with Crippen LogP contribution in [-0.4, -0.2) is 83.1 Å². The highest BCUT2D eigenvalue weighted by atomic mass is 19.4. The van der Waals surface area contributed by atoms with Crippen LogP contribution in [0, 0.1) is 0 Å². The molecule has 8 N–H and O–H groups in total. The van der Waals surface area contributed by atoms with Crippen LogP contribution in [0.2, 0.25) is 0 Å². The Bertz CT molecular complexity index is 898. The van der Waals surface area contributed by atoms with Crippen molar-refractivity contribution >= 4 is 17.6 Å². The maximum absolute atomic E-state index is 13.3. The first-order valence-electron chi connectivity index (χ1n) is 13.6. The quantitative estimate of drug-likeness (QED) is 0.224. The van der Waals surface area contributed by atoms with Crippen LogP contribution in [0.25, 0.3) is 0 Å². The minimum Gasteiger partial charge on any atom is -0.344 e. The summed E-state index contributed by atoms with van der Waals surface area (Å²) in [5.41, 5.74) is 11.9. The second-order valence-electron chi connectivity index (χ2n) is 9.71. The number of hydrogen-bond donors (Lipinski definition) is 6. The number of nitrogens with one attached hydrogen (secondary N) is 4. The molecule has 0 saturated carbocycles. The third kappa shape index (κ3) is 12.0. The normalized spacial score (nSPS) is 22.7. The molecule has 0 spiro atoms. The summed E-state index contributed by atoms with van der Waals surface area (Å²) in [5, 5.41) is 19.5. The zero-order chi connectivity index (χ0) is 28.7. The molecule has 0 fully saturated rings. The van der Waals surface area contributed by atoms with E-state index < -0.39 is 41.9 Å². The topological polar surface area (TPSA) is 182 Å². The van der Waals surface area contributed by atoms with Crippen LogP contribution in [0.1, 0.15) is 63.5 Å². The predicted octanol–water partition coefficient (Wildman–Crippen LogP) is -0.131. The highest BCUT2D eigenvalue weighted by Gasteiger charge is 2.44. The molecule has 1 aromatic heterocycles. The third-order valence-electron chi connectivity index (χ3n) is 6.48. The molecule has 1 aliphatic heterocycles. The molecular formula is C24H42F3N9O3. The summed E-state index contributed by atoms with van der Waals surface area (Å²) in [6.07, 6.45) is 0.251. The number of ketones is 1. The summed E-state index contributed by atoms with van der Waals surface area (Å²) in [6.45, 7) is 2.57. The van der Waals surface area contributed by atoms with E-state index in [4.69, 9.17) is 11.5 Å². The summed E-state index contributed by atoms with van der Waals surface area (Å²) in [4.78, 5) is 38.5. The molecule has 0 aliphatic carbocycles. The van der Waals surface area contributed by atoms with E-state index in [1.54, 1.807) is 10.9 Å². The number of aromatic nitrogens is 3. The van der Waals surface area contributed by atoms with Crippen LogP contribution in [0.15, 0.2) is 6.20 Å². The average molecular weight is 562 g/mol. The Morgan fingerprint density at radius 2 is 1.64 bits per heavy atom. The molecule has 2 heterocycles. The van der Waals surface area contributed by atoms with Gasteiger partial charge in [0.25, 0.3) is 5.78 Å². The van der Waals surface area contributed by atoms with E-state index in [-0.39, 0.29) is 19.3 Å². The lowest BCUT2D eigenvalue weighted by Crippen LogP contribution is -2.56. The fraction of sp³-hybridized carbons (Fsp3) is 0.792. The summed E-state index contributed by atoms with van der Waals surface area (Å²) < 4.78 is 41.6. The largest absolute Gasteiger partial charge is 0.452 e. The molecule has 0 aromatic carbocycles. The number of halogens is 3. The Kier molecular flexibility index (Phi) is 14.3. The first-order chi connectivity index (χ1) is 18.7. The zero-order valence-corrected chi connectivity index (χ0v) is 22.3. The van der Waals surface area contributed by atoms with Gasteiger partial charge in [-0.15, -0.1) is 5.10 Å². The summed E-state index contributed by atoms with van der Waals surface area (Å²) in [6, 6.07) is -3.53. The number of carbonyl (C=O) groups excluding carboxylic acids is 3. The van der Waals surface area contributed by atoms with Crippen LogP contribution in [0.3, 0.4) is 0 Å². The highest BCUT2D eigenvalue weighted by molar-refractivity contribution is 5.95. The summed E-state index contributed by atoms with van der Waals surface area (Å²) >= 11 is 0. The third-order valence-corrected chi connectivity index (χ3v) is 6.48. The first-order valence-corrected chi connectivity index (χ1v) is 13.6. The number of nitrogens with zero attached hydrogens (tertiary/aromatic N) is 3. The fourth-order valence-corrected chi connectivity index (χ4v) is 4.29. The second-order valence-corrected chi connectivity index (χ2v) is 9.71. The van der Waals surface area contributed by atoms with E-state index in [9.17, 15) is 27.6 Å². The predicted molar refractivity (Wildman–Crippen MR) is 138 cm³/mol.